The molecule has 1 N–H and O–H groups in total. The molecule has 3 nitrogen and oxygen atoms in total. The van der Waals surface area contributed by atoms with Crippen molar-refractivity contribution in [1.29, 1.82) is 5.26 Å². The Morgan fingerprint density at radius 2 is 2.10 bits per heavy atom. The maximum absolute atomic E-state index is 13.6. The molecule has 0 spiro atoms. The molecule has 106 valence electrons. The molecule has 5 heteroatoms. The van der Waals surface area contributed by atoms with E-state index in [1.54, 1.807) is 0 Å². The van der Waals surface area contributed by atoms with Gasteiger partial charge in [0.05, 0.1) is 6.07 Å². The maximum Gasteiger partial charge on any atom is 0.200 e. The van der Waals surface area contributed by atoms with Crippen LogP contribution in [0.2, 0.25) is 0 Å². The van der Waals surface area contributed by atoms with Gasteiger partial charge in [0, 0.05) is 12.5 Å². The fourth-order valence-electron chi connectivity index (χ4n) is 2.74. The minimum Gasteiger partial charge on any atom is -0.487 e. The second-order valence-corrected chi connectivity index (χ2v) is 5.65. The predicted molar refractivity (Wildman–Crippen MR) is 69.1 cm³/mol. The van der Waals surface area contributed by atoms with E-state index in [0.29, 0.717) is 25.3 Å². The van der Waals surface area contributed by atoms with Crippen LogP contribution in [0.15, 0.2) is 18.2 Å². The summed E-state index contributed by atoms with van der Waals surface area (Å²) in [7, 11) is 0. The Balaban J connectivity index is 1.67. The molecule has 2 atom stereocenters. The highest BCUT2D eigenvalue weighted by Gasteiger charge is 2.43. The molecule has 0 aliphatic heterocycles. The lowest BCUT2D eigenvalue weighted by molar-refractivity contribution is 0.190. The minimum absolute atomic E-state index is 0.0739. The van der Waals surface area contributed by atoms with E-state index in [9.17, 15) is 14.0 Å². The quantitative estimate of drug-likeness (QED) is 0.921. The molecule has 20 heavy (non-hydrogen) atoms. The molecule has 3 rings (SSSR count). The van der Waals surface area contributed by atoms with E-state index in [2.05, 4.69) is 11.4 Å². The van der Waals surface area contributed by atoms with E-state index in [4.69, 9.17) is 4.74 Å². The summed E-state index contributed by atoms with van der Waals surface area (Å²) in [4.78, 5) is 0. The van der Waals surface area contributed by atoms with E-state index < -0.39 is 17.2 Å². The van der Waals surface area contributed by atoms with Gasteiger partial charge in [-0.05, 0) is 37.8 Å². The Morgan fingerprint density at radius 1 is 1.30 bits per heavy atom. The Hall–Kier alpha value is -1.67. The van der Waals surface area contributed by atoms with Gasteiger partial charge < -0.3 is 4.74 Å². The number of hydrogen-bond donors (Lipinski definition) is 1. The molecule has 2 unspecified atom stereocenters. The molecule has 2 aliphatic rings. The molecule has 2 aliphatic carbocycles. The molecule has 2 fully saturated rings. The van der Waals surface area contributed by atoms with Crippen LogP contribution in [0.1, 0.15) is 32.1 Å². The first-order chi connectivity index (χ1) is 9.62. The number of rotatable bonds is 4. The Labute approximate surface area is 116 Å². The lowest BCUT2D eigenvalue weighted by Crippen LogP contribution is -2.43. The molecule has 2 saturated carbocycles. The molecule has 0 saturated heterocycles. The molecule has 0 aromatic heterocycles. The van der Waals surface area contributed by atoms with E-state index in [0.717, 1.165) is 18.9 Å². The average molecular weight is 278 g/mol. The first kappa shape index (κ1) is 13.3. The molecule has 0 radical (unpaired) electrons. The normalized spacial score (nSPS) is 29.1. The first-order valence-corrected chi connectivity index (χ1v) is 6.91. The van der Waals surface area contributed by atoms with E-state index in [1.807, 2.05) is 0 Å². The van der Waals surface area contributed by atoms with Gasteiger partial charge in [-0.2, -0.15) is 9.65 Å². The molecule has 0 amide bonds. The highest BCUT2D eigenvalue weighted by atomic mass is 19.2. The zero-order chi connectivity index (χ0) is 14.2. The summed E-state index contributed by atoms with van der Waals surface area (Å²) < 4.78 is 32.2. The molecule has 0 heterocycles. The van der Waals surface area contributed by atoms with Crippen LogP contribution in [-0.2, 0) is 0 Å². The van der Waals surface area contributed by atoms with E-state index in [-0.39, 0.29) is 11.9 Å². The van der Waals surface area contributed by atoms with Gasteiger partial charge in [-0.25, -0.2) is 4.39 Å². The lowest BCUT2D eigenvalue weighted by Gasteiger charge is -2.22. The number of benzene rings is 1. The van der Waals surface area contributed by atoms with Crippen LogP contribution < -0.4 is 10.1 Å². The second kappa shape index (κ2) is 5.02. The zero-order valence-electron chi connectivity index (χ0n) is 11.0. The number of nitrogens with zero attached hydrogens (tertiary/aromatic N) is 1. The van der Waals surface area contributed by atoms with Gasteiger partial charge in [0.2, 0.25) is 5.82 Å². The van der Waals surface area contributed by atoms with Gasteiger partial charge in [-0.1, -0.05) is 6.07 Å². The largest absolute Gasteiger partial charge is 0.487 e. The summed E-state index contributed by atoms with van der Waals surface area (Å²) in [6.45, 7) is 0. The van der Waals surface area contributed by atoms with Crippen molar-refractivity contribution < 1.29 is 13.5 Å². The van der Waals surface area contributed by atoms with Gasteiger partial charge in [0.1, 0.15) is 11.6 Å². The van der Waals surface area contributed by atoms with Crippen molar-refractivity contribution in [2.45, 2.75) is 49.8 Å². The van der Waals surface area contributed by atoms with E-state index in [1.165, 1.54) is 12.1 Å². The van der Waals surface area contributed by atoms with Crippen molar-refractivity contribution in [3.63, 3.8) is 0 Å². The predicted octanol–water partition coefficient (Wildman–Crippen LogP) is 2.91. The lowest BCUT2D eigenvalue weighted by atomic mass is 9.99. The SMILES string of the molecule is N#CC1(NC2CC2)CCC(Oc2cccc(F)c2F)C1. The fraction of sp³-hybridized carbons (Fsp3) is 0.533. The maximum atomic E-state index is 13.6. The van der Waals surface area contributed by atoms with Gasteiger partial charge >= 0.3 is 0 Å². The Morgan fingerprint density at radius 3 is 2.80 bits per heavy atom. The third-order valence-electron chi connectivity index (χ3n) is 3.95. The number of nitrogens with one attached hydrogen (secondary N) is 1. The van der Waals surface area contributed by atoms with E-state index >= 15 is 0 Å². The summed E-state index contributed by atoms with van der Waals surface area (Å²) >= 11 is 0. The second-order valence-electron chi connectivity index (χ2n) is 5.65. The summed E-state index contributed by atoms with van der Waals surface area (Å²) in [6.07, 6.45) is 3.82. The van der Waals surface area contributed by atoms with Crippen LogP contribution in [0.3, 0.4) is 0 Å². The number of halogens is 2. The smallest absolute Gasteiger partial charge is 0.200 e. The van der Waals surface area contributed by atoms with Crippen molar-refractivity contribution in [3.05, 3.63) is 29.8 Å². The van der Waals surface area contributed by atoms with Crippen LogP contribution in [0.4, 0.5) is 8.78 Å². The van der Waals surface area contributed by atoms with Crippen LogP contribution in [0, 0.1) is 23.0 Å². The van der Waals surface area contributed by atoms with Crippen molar-refractivity contribution in [2.24, 2.45) is 0 Å². The topological polar surface area (TPSA) is 45.0 Å². The molecular formula is C15H16F2N2O. The monoisotopic (exact) mass is 278 g/mol. The standard InChI is InChI=1S/C15H16F2N2O/c16-12-2-1-3-13(14(12)17)20-11-6-7-15(8-11,9-18)19-10-4-5-10/h1-3,10-11,19H,4-8H2. The number of nitriles is 1. The summed E-state index contributed by atoms with van der Waals surface area (Å²) in [5.74, 6) is -1.95. The van der Waals surface area contributed by atoms with Crippen molar-refractivity contribution in [3.8, 4) is 11.8 Å². The van der Waals surface area contributed by atoms with Gasteiger partial charge in [-0.15, -0.1) is 0 Å². The van der Waals surface area contributed by atoms with Crippen molar-refractivity contribution >= 4 is 0 Å². The van der Waals surface area contributed by atoms with Gasteiger partial charge in [-0.3, -0.25) is 5.32 Å². The molecular weight excluding hydrogens is 262 g/mol. The average Bonchev–Trinajstić information content (AvgIpc) is 3.15. The van der Waals surface area contributed by atoms with Crippen molar-refractivity contribution in [2.75, 3.05) is 0 Å². The zero-order valence-corrected chi connectivity index (χ0v) is 11.0. The fourth-order valence-corrected chi connectivity index (χ4v) is 2.74. The van der Waals surface area contributed by atoms with Crippen LogP contribution in [0.5, 0.6) is 5.75 Å². The molecule has 0 bridgehead atoms. The Bertz CT molecular complexity index is 553. The van der Waals surface area contributed by atoms with Crippen LogP contribution in [-0.4, -0.2) is 17.7 Å². The van der Waals surface area contributed by atoms with Gasteiger partial charge in [0.25, 0.3) is 0 Å². The number of ether oxygens (including phenoxy) is 1. The van der Waals surface area contributed by atoms with Crippen molar-refractivity contribution in [1.82, 2.24) is 5.32 Å². The highest BCUT2D eigenvalue weighted by Crippen LogP contribution is 2.36. The number of hydrogen-bond acceptors (Lipinski definition) is 3. The summed E-state index contributed by atoms with van der Waals surface area (Å²) in [5, 5.41) is 12.7. The first-order valence-electron chi connectivity index (χ1n) is 6.91. The van der Waals surface area contributed by atoms with Crippen LogP contribution >= 0.6 is 0 Å². The highest BCUT2D eigenvalue weighted by molar-refractivity contribution is 5.26. The molecule has 1 aromatic rings. The third-order valence-corrected chi connectivity index (χ3v) is 3.95. The summed E-state index contributed by atoms with van der Waals surface area (Å²) in [5.41, 5.74) is -0.574. The van der Waals surface area contributed by atoms with Gasteiger partial charge in [0.15, 0.2) is 11.6 Å². The third kappa shape index (κ3) is 2.61. The van der Waals surface area contributed by atoms with Crippen LogP contribution in [0.25, 0.3) is 0 Å². The summed E-state index contributed by atoms with van der Waals surface area (Å²) in [6, 6.07) is 6.66. The Kier molecular flexibility index (Phi) is 3.35. The molecule has 1 aromatic carbocycles. The minimum atomic E-state index is -0.961.